The lowest BCUT2D eigenvalue weighted by Gasteiger charge is -2.36. The number of halogens is 1. The molecule has 0 saturated carbocycles. The van der Waals surface area contributed by atoms with E-state index in [1.54, 1.807) is 18.4 Å². The molecular formula is C26H27ClN4O3. The summed E-state index contributed by atoms with van der Waals surface area (Å²) in [5, 5.41) is 6.99. The quantitative estimate of drug-likeness (QED) is 0.524. The maximum absolute atomic E-state index is 13.4. The van der Waals surface area contributed by atoms with E-state index in [0.717, 1.165) is 49.0 Å². The molecule has 7 nitrogen and oxygen atoms in total. The van der Waals surface area contributed by atoms with Crippen molar-refractivity contribution >= 4 is 28.9 Å². The van der Waals surface area contributed by atoms with Crippen molar-refractivity contribution in [2.45, 2.75) is 12.5 Å². The number of hydrazone groups is 1. The first-order valence-corrected chi connectivity index (χ1v) is 11.8. The van der Waals surface area contributed by atoms with Gasteiger partial charge < -0.3 is 14.1 Å². The minimum Gasteiger partial charge on any atom is -0.497 e. The minimum absolute atomic E-state index is 0.0248. The van der Waals surface area contributed by atoms with Gasteiger partial charge in [0.2, 0.25) is 0 Å². The first-order chi connectivity index (χ1) is 16.6. The van der Waals surface area contributed by atoms with Gasteiger partial charge in [0.15, 0.2) is 0 Å². The van der Waals surface area contributed by atoms with Crippen LogP contribution < -0.4 is 9.64 Å². The number of rotatable bonds is 6. The van der Waals surface area contributed by atoms with E-state index >= 15 is 0 Å². The molecule has 1 saturated heterocycles. The predicted molar refractivity (Wildman–Crippen MR) is 133 cm³/mol. The lowest BCUT2D eigenvalue weighted by Crippen LogP contribution is -2.49. The van der Waals surface area contributed by atoms with E-state index in [1.807, 2.05) is 48.5 Å². The molecule has 2 aliphatic rings. The van der Waals surface area contributed by atoms with Gasteiger partial charge in [-0.15, -0.1) is 0 Å². The molecule has 3 aromatic rings. The van der Waals surface area contributed by atoms with Gasteiger partial charge in [0, 0.05) is 43.3 Å². The summed E-state index contributed by atoms with van der Waals surface area (Å²) in [4.78, 5) is 17.9. The second-order valence-electron chi connectivity index (χ2n) is 8.49. The first-order valence-electron chi connectivity index (χ1n) is 11.4. The highest BCUT2D eigenvalue weighted by atomic mass is 35.5. The normalized spacial score (nSPS) is 18.8. The third-order valence-corrected chi connectivity index (χ3v) is 6.64. The van der Waals surface area contributed by atoms with Crippen LogP contribution in [0.25, 0.3) is 0 Å². The van der Waals surface area contributed by atoms with E-state index in [2.05, 4.69) is 21.9 Å². The van der Waals surface area contributed by atoms with Gasteiger partial charge in [0.25, 0.3) is 5.91 Å². The number of anilines is 1. The molecule has 8 heteroatoms. The fraction of sp³-hybridized carbons (Fsp3) is 0.308. The number of amides is 1. The van der Waals surface area contributed by atoms with Crippen LogP contribution in [-0.2, 0) is 4.79 Å². The van der Waals surface area contributed by atoms with Crippen molar-refractivity contribution < 1.29 is 13.9 Å². The molecule has 176 valence electrons. The molecule has 0 spiro atoms. The fourth-order valence-electron chi connectivity index (χ4n) is 4.48. The average Bonchev–Trinajstić information content (AvgIpc) is 3.55. The number of nitrogens with zero attached hydrogens (tertiary/aromatic N) is 4. The van der Waals surface area contributed by atoms with E-state index in [9.17, 15) is 4.79 Å². The van der Waals surface area contributed by atoms with Gasteiger partial charge in [-0.1, -0.05) is 23.7 Å². The summed E-state index contributed by atoms with van der Waals surface area (Å²) in [7, 11) is 1.67. The van der Waals surface area contributed by atoms with Crippen LogP contribution in [0.15, 0.2) is 76.4 Å². The van der Waals surface area contributed by atoms with Gasteiger partial charge in [0.05, 0.1) is 25.6 Å². The predicted octanol–water partition coefficient (Wildman–Crippen LogP) is 4.44. The molecule has 2 aromatic carbocycles. The molecule has 0 N–H and O–H groups in total. The highest BCUT2D eigenvalue weighted by Crippen LogP contribution is 2.33. The Morgan fingerprint density at radius 2 is 1.79 bits per heavy atom. The van der Waals surface area contributed by atoms with Crippen molar-refractivity contribution in [1.29, 1.82) is 0 Å². The summed E-state index contributed by atoms with van der Waals surface area (Å²) in [6.45, 7) is 3.67. The number of carbonyl (C=O) groups excluding carboxylic acids is 1. The zero-order valence-electron chi connectivity index (χ0n) is 19.1. The van der Waals surface area contributed by atoms with Gasteiger partial charge in [-0.25, -0.2) is 5.01 Å². The van der Waals surface area contributed by atoms with Crippen molar-refractivity contribution in [2.24, 2.45) is 5.10 Å². The molecule has 1 aromatic heterocycles. The number of carbonyl (C=O) groups is 1. The van der Waals surface area contributed by atoms with Gasteiger partial charge in [-0.3, -0.25) is 9.69 Å². The van der Waals surface area contributed by atoms with Crippen LogP contribution in [0.2, 0.25) is 5.02 Å². The molecule has 5 rings (SSSR count). The van der Waals surface area contributed by atoms with Gasteiger partial charge >= 0.3 is 0 Å². The van der Waals surface area contributed by atoms with Crippen LogP contribution in [0.5, 0.6) is 5.75 Å². The zero-order chi connectivity index (χ0) is 23.5. The Morgan fingerprint density at radius 3 is 2.44 bits per heavy atom. The summed E-state index contributed by atoms with van der Waals surface area (Å²) < 4.78 is 10.9. The molecule has 1 fully saturated rings. The Kier molecular flexibility index (Phi) is 6.56. The first kappa shape index (κ1) is 22.5. The zero-order valence-corrected chi connectivity index (χ0v) is 19.8. The third-order valence-electron chi connectivity index (χ3n) is 6.38. The van der Waals surface area contributed by atoms with Crippen LogP contribution in [0.4, 0.5) is 5.69 Å². The fourth-order valence-corrected chi connectivity index (χ4v) is 4.61. The number of benzene rings is 2. The second kappa shape index (κ2) is 9.91. The van der Waals surface area contributed by atoms with Crippen molar-refractivity contribution in [1.82, 2.24) is 9.91 Å². The monoisotopic (exact) mass is 478 g/mol. The molecular weight excluding hydrogens is 452 g/mol. The largest absolute Gasteiger partial charge is 0.497 e. The Bertz CT molecular complexity index is 1140. The number of furan rings is 1. The molecule has 2 aliphatic heterocycles. The van der Waals surface area contributed by atoms with E-state index in [0.29, 0.717) is 18.0 Å². The lowest BCUT2D eigenvalue weighted by atomic mass is 10.0. The van der Waals surface area contributed by atoms with Gasteiger partial charge in [-0.05, 0) is 54.1 Å². The maximum atomic E-state index is 13.4. The minimum atomic E-state index is -0.242. The smallest absolute Gasteiger partial charge is 0.257 e. The van der Waals surface area contributed by atoms with Gasteiger partial charge in [-0.2, -0.15) is 5.10 Å². The van der Waals surface area contributed by atoms with Crippen molar-refractivity contribution in [3.63, 3.8) is 0 Å². The standard InChI is InChI=1S/C26H27ClN4O3/c1-33-22-10-8-21(9-11-22)30-14-12-29(13-15-30)18-26(32)31-24(25-3-2-16-34-25)17-23(28-31)19-4-6-20(27)7-5-19/h2-11,16,24H,12-15,17-18H2,1H3. The third kappa shape index (κ3) is 4.81. The van der Waals surface area contributed by atoms with Crippen LogP contribution in [-0.4, -0.2) is 61.4 Å². The summed E-state index contributed by atoms with van der Waals surface area (Å²) in [5.74, 6) is 1.57. The van der Waals surface area contributed by atoms with Crippen LogP contribution >= 0.6 is 11.6 Å². The number of hydrogen-bond donors (Lipinski definition) is 0. The molecule has 1 unspecified atom stereocenters. The lowest BCUT2D eigenvalue weighted by molar-refractivity contribution is -0.134. The van der Waals surface area contributed by atoms with E-state index in [-0.39, 0.29) is 11.9 Å². The van der Waals surface area contributed by atoms with Gasteiger partial charge in [0.1, 0.15) is 17.6 Å². The Labute approximate surface area is 204 Å². The molecule has 0 aliphatic carbocycles. The number of hydrogen-bond acceptors (Lipinski definition) is 6. The van der Waals surface area contributed by atoms with E-state index < -0.39 is 0 Å². The Balaban J connectivity index is 1.25. The van der Waals surface area contributed by atoms with Crippen LogP contribution in [0.3, 0.4) is 0 Å². The second-order valence-corrected chi connectivity index (χ2v) is 8.92. The van der Waals surface area contributed by atoms with E-state index in [1.165, 1.54) is 5.69 Å². The SMILES string of the molecule is COc1ccc(N2CCN(CC(=O)N3N=C(c4ccc(Cl)cc4)CC3c3ccco3)CC2)cc1. The summed E-state index contributed by atoms with van der Waals surface area (Å²) in [5.41, 5.74) is 2.99. The summed E-state index contributed by atoms with van der Waals surface area (Å²) >= 11 is 6.04. The maximum Gasteiger partial charge on any atom is 0.257 e. The molecule has 1 amide bonds. The molecule has 3 heterocycles. The van der Waals surface area contributed by atoms with Crippen molar-refractivity contribution in [3.8, 4) is 5.75 Å². The van der Waals surface area contributed by atoms with Crippen LogP contribution in [0, 0.1) is 0 Å². The molecule has 0 radical (unpaired) electrons. The van der Waals surface area contributed by atoms with Crippen LogP contribution in [0.1, 0.15) is 23.8 Å². The van der Waals surface area contributed by atoms with Crippen molar-refractivity contribution in [3.05, 3.63) is 83.3 Å². The number of piperazine rings is 1. The highest BCUT2D eigenvalue weighted by Gasteiger charge is 2.35. The Morgan fingerprint density at radius 1 is 1.06 bits per heavy atom. The molecule has 1 atom stereocenters. The topological polar surface area (TPSA) is 61.5 Å². The Hall–Kier alpha value is -3.29. The summed E-state index contributed by atoms with van der Waals surface area (Å²) in [6, 6.07) is 19.2. The molecule has 34 heavy (non-hydrogen) atoms. The van der Waals surface area contributed by atoms with Crippen molar-refractivity contribution in [2.75, 3.05) is 44.7 Å². The molecule has 0 bridgehead atoms. The number of methoxy groups -OCH3 is 1. The average molecular weight is 479 g/mol. The summed E-state index contributed by atoms with van der Waals surface area (Å²) in [6.07, 6.45) is 2.24. The highest BCUT2D eigenvalue weighted by molar-refractivity contribution is 6.30. The van der Waals surface area contributed by atoms with E-state index in [4.69, 9.17) is 25.9 Å². The number of ether oxygens (including phenoxy) is 1.